The van der Waals surface area contributed by atoms with Crippen molar-refractivity contribution < 1.29 is 17.9 Å². The molecule has 162 valence electrons. The van der Waals surface area contributed by atoms with Crippen molar-refractivity contribution in [1.29, 1.82) is 5.41 Å². The average molecular weight is 476 g/mol. The van der Waals surface area contributed by atoms with E-state index in [2.05, 4.69) is 0 Å². The van der Waals surface area contributed by atoms with Gasteiger partial charge in [-0.05, 0) is 60.2 Å². The third-order valence-electron chi connectivity index (χ3n) is 4.65. The molecule has 0 fully saturated rings. The van der Waals surface area contributed by atoms with Crippen LogP contribution < -0.4 is 16.2 Å². The molecule has 1 aromatic heterocycles. The summed E-state index contributed by atoms with van der Waals surface area (Å²) in [4.78, 5) is 12.6. The number of aryl methyl sites for hydroxylation is 1. The summed E-state index contributed by atoms with van der Waals surface area (Å²) in [5, 5.41) is 7.63. The monoisotopic (exact) mass is 475 g/mol. The van der Waals surface area contributed by atoms with Crippen LogP contribution in [0.15, 0.2) is 56.5 Å². The SMILES string of the molecule is COc1cc(C)c(-c2cccc(S(=O)(=O)c3cc(C(=N)N)sc3SC)c2)c(C(N)=O)c1. The lowest BCUT2D eigenvalue weighted by Gasteiger charge is -2.14. The van der Waals surface area contributed by atoms with E-state index in [4.69, 9.17) is 21.6 Å². The predicted octanol–water partition coefficient (Wildman–Crippen LogP) is 3.67. The molecule has 0 aliphatic rings. The molecule has 5 N–H and O–H groups in total. The molecule has 0 saturated heterocycles. The molecule has 0 saturated carbocycles. The van der Waals surface area contributed by atoms with Gasteiger partial charge in [0.2, 0.25) is 15.7 Å². The highest BCUT2D eigenvalue weighted by atomic mass is 32.2. The standard InChI is InChI=1S/C21H21N3O4S3/c1-11-7-13(28-2)9-15(20(24)25)18(11)12-5-4-6-14(8-12)31(26,27)17-10-16(19(22)23)30-21(17)29-3/h4-10H,1-3H3,(H3,22,23)(H2,24,25). The lowest BCUT2D eigenvalue weighted by Crippen LogP contribution is -2.13. The van der Waals surface area contributed by atoms with Gasteiger partial charge in [-0.15, -0.1) is 23.1 Å². The summed E-state index contributed by atoms with van der Waals surface area (Å²) in [5.74, 6) is -0.340. The topological polar surface area (TPSA) is 136 Å². The van der Waals surface area contributed by atoms with Crippen LogP contribution in [0.3, 0.4) is 0 Å². The number of thiophene rings is 1. The number of amides is 1. The van der Waals surface area contributed by atoms with E-state index in [0.29, 0.717) is 26.0 Å². The molecule has 0 unspecified atom stereocenters. The summed E-state index contributed by atoms with van der Waals surface area (Å²) in [6.07, 6.45) is 1.77. The fourth-order valence-corrected chi connectivity index (χ4v) is 7.12. The van der Waals surface area contributed by atoms with Crippen molar-refractivity contribution in [2.45, 2.75) is 20.9 Å². The van der Waals surface area contributed by atoms with Gasteiger partial charge in [-0.1, -0.05) is 12.1 Å². The van der Waals surface area contributed by atoms with E-state index in [9.17, 15) is 13.2 Å². The van der Waals surface area contributed by atoms with Crippen molar-refractivity contribution in [1.82, 2.24) is 0 Å². The number of sulfone groups is 1. The van der Waals surface area contributed by atoms with Gasteiger partial charge in [0.25, 0.3) is 0 Å². The van der Waals surface area contributed by atoms with Crippen molar-refractivity contribution in [3.63, 3.8) is 0 Å². The molecular weight excluding hydrogens is 454 g/mol. The van der Waals surface area contributed by atoms with Gasteiger partial charge in [-0.3, -0.25) is 10.2 Å². The van der Waals surface area contributed by atoms with Gasteiger partial charge >= 0.3 is 0 Å². The Kier molecular flexibility index (Phi) is 6.44. The van der Waals surface area contributed by atoms with E-state index < -0.39 is 15.7 Å². The number of thioether (sulfide) groups is 1. The number of nitrogens with two attached hydrogens (primary N) is 2. The zero-order valence-corrected chi connectivity index (χ0v) is 19.5. The van der Waals surface area contributed by atoms with Gasteiger partial charge in [0.1, 0.15) is 11.6 Å². The Hall–Kier alpha value is -2.82. The molecule has 1 heterocycles. The van der Waals surface area contributed by atoms with Crippen molar-refractivity contribution in [3.8, 4) is 16.9 Å². The molecule has 3 aromatic rings. The summed E-state index contributed by atoms with van der Waals surface area (Å²) >= 11 is 2.44. The van der Waals surface area contributed by atoms with Gasteiger partial charge in [0, 0.05) is 0 Å². The summed E-state index contributed by atoms with van der Waals surface area (Å²) in [6.45, 7) is 1.80. The number of nitrogen functional groups attached to an aromatic ring is 1. The number of carbonyl (C=O) groups excluding carboxylic acids is 1. The molecule has 3 rings (SSSR count). The van der Waals surface area contributed by atoms with Crippen LogP contribution >= 0.6 is 23.1 Å². The molecular formula is C21H21N3O4S3. The number of hydrogen-bond donors (Lipinski definition) is 3. The van der Waals surface area contributed by atoms with Gasteiger partial charge in [0.05, 0.1) is 31.6 Å². The van der Waals surface area contributed by atoms with Crippen LogP contribution in [0, 0.1) is 12.3 Å². The number of methoxy groups -OCH3 is 1. The molecule has 0 atom stereocenters. The number of carbonyl (C=O) groups is 1. The van der Waals surface area contributed by atoms with Crippen LogP contribution in [0.5, 0.6) is 5.75 Å². The Labute approximate surface area is 188 Å². The van der Waals surface area contributed by atoms with Crippen molar-refractivity contribution in [2.75, 3.05) is 13.4 Å². The number of nitrogens with one attached hydrogen (secondary N) is 1. The average Bonchev–Trinajstić information content (AvgIpc) is 3.19. The number of benzene rings is 2. The van der Waals surface area contributed by atoms with E-state index in [1.165, 1.54) is 43.1 Å². The summed E-state index contributed by atoms with van der Waals surface area (Å²) in [5.41, 5.74) is 13.2. The second-order valence-corrected chi connectivity index (χ2v) is 10.7. The third-order valence-corrected chi connectivity index (χ3v) is 8.99. The quantitative estimate of drug-likeness (QED) is 0.271. The first-order valence-corrected chi connectivity index (χ1v) is 12.5. The smallest absolute Gasteiger partial charge is 0.249 e. The molecule has 31 heavy (non-hydrogen) atoms. The summed E-state index contributed by atoms with van der Waals surface area (Å²) in [7, 11) is -2.40. The molecule has 0 spiro atoms. The lowest BCUT2D eigenvalue weighted by atomic mass is 9.94. The van der Waals surface area contributed by atoms with Crippen LogP contribution in [-0.4, -0.2) is 33.5 Å². The Morgan fingerprint density at radius 2 is 1.87 bits per heavy atom. The Morgan fingerprint density at radius 1 is 1.16 bits per heavy atom. The van der Waals surface area contributed by atoms with Crippen LogP contribution in [0.1, 0.15) is 20.8 Å². The zero-order valence-electron chi connectivity index (χ0n) is 17.1. The van der Waals surface area contributed by atoms with Crippen LogP contribution in [-0.2, 0) is 9.84 Å². The molecule has 1 amide bonds. The van der Waals surface area contributed by atoms with E-state index >= 15 is 0 Å². The first-order chi connectivity index (χ1) is 14.6. The highest BCUT2D eigenvalue weighted by Gasteiger charge is 2.26. The van der Waals surface area contributed by atoms with E-state index in [1.807, 2.05) is 0 Å². The highest BCUT2D eigenvalue weighted by Crippen LogP contribution is 2.38. The maximum Gasteiger partial charge on any atom is 0.249 e. The zero-order chi connectivity index (χ0) is 22.9. The normalized spacial score (nSPS) is 11.3. The Morgan fingerprint density at radius 3 is 2.45 bits per heavy atom. The number of amidine groups is 1. The predicted molar refractivity (Wildman–Crippen MR) is 124 cm³/mol. The van der Waals surface area contributed by atoms with Crippen molar-refractivity contribution in [2.24, 2.45) is 11.5 Å². The van der Waals surface area contributed by atoms with Gasteiger partial charge in [-0.25, -0.2) is 8.42 Å². The second kappa shape index (κ2) is 8.74. The van der Waals surface area contributed by atoms with Gasteiger partial charge in [-0.2, -0.15) is 0 Å². The molecule has 0 aliphatic heterocycles. The first-order valence-electron chi connectivity index (χ1n) is 8.96. The summed E-state index contributed by atoms with van der Waals surface area (Å²) < 4.78 is 32.6. The van der Waals surface area contributed by atoms with Gasteiger partial charge < -0.3 is 16.2 Å². The van der Waals surface area contributed by atoms with Crippen molar-refractivity contribution in [3.05, 3.63) is 58.5 Å². The van der Waals surface area contributed by atoms with Crippen LogP contribution in [0.4, 0.5) is 0 Å². The molecule has 10 heteroatoms. The van der Waals surface area contributed by atoms with E-state index in [-0.39, 0.29) is 21.2 Å². The molecule has 0 aliphatic carbocycles. The Bertz CT molecular complexity index is 1300. The maximum atomic E-state index is 13.4. The molecule has 7 nitrogen and oxygen atoms in total. The second-order valence-electron chi connectivity index (χ2n) is 6.64. The van der Waals surface area contributed by atoms with E-state index in [0.717, 1.165) is 16.9 Å². The maximum absolute atomic E-state index is 13.4. The van der Waals surface area contributed by atoms with Crippen LogP contribution in [0.25, 0.3) is 11.1 Å². The Balaban J connectivity index is 2.20. The first kappa shape index (κ1) is 22.9. The molecule has 0 radical (unpaired) electrons. The highest BCUT2D eigenvalue weighted by molar-refractivity contribution is 8.01. The number of ether oxygens (including phenoxy) is 1. The van der Waals surface area contributed by atoms with Crippen molar-refractivity contribution >= 4 is 44.7 Å². The van der Waals surface area contributed by atoms with Gasteiger partial charge in [0.15, 0.2) is 0 Å². The number of hydrogen-bond acceptors (Lipinski definition) is 7. The number of rotatable bonds is 7. The fourth-order valence-electron chi connectivity index (χ4n) is 3.22. The largest absolute Gasteiger partial charge is 0.497 e. The third kappa shape index (κ3) is 4.32. The molecule has 0 bridgehead atoms. The number of primary amides is 1. The summed E-state index contributed by atoms with van der Waals surface area (Å²) in [6, 6.07) is 11.1. The molecule has 2 aromatic carbocycles. The fraction of sp³-hybridized carbons (Fsp3) is 0.143. The lowest BCUT2D eigenvalue weighted by molar-refractivity contribution is 0.100. The minimum Gasteiger partial charge on any atom is -0.497 e. The minimum absolute atomic E-state index is 0.0684. The van der Waals surface area contributed by atoms with E-state index in [1.54, 1.807) is 31.4 Å². The van der Waals surface area contributed by atoms with Crippen LogP contribution in [0.2, 0.25) is 0 Å². The minimum atomic E-state index is -3.89.